The van der Waals surface area contributed by atoms with E-state index in [-0.39, 0.29) is 11.9 Å². The van der Waals surface area contributed by atoms with Gasteiger partial charge in [-0.1, -0.05) is 0 Å². The first-order chi connectivity index (χ1) is 9.08. The Kier molecular flexibility index (Phi) is 5.71. The summed E-state index contributed by atoms with van der Waals surface area (Å²) in [4.78, 5) is 12.3. The third-order valence-corrected chi connectivity index (χ3v) is 6.26. The van der Waals surface area contributed by atoms with Gasteiger partial charge in [-0.05, 0) is 35.8 Å². The van der Waals surface area contributed by atoms with Gasteiger partial charge in [0.15, 0.2) is 0 Å². The molecule has 0 bridgehead atoms. The number of thioether (sulfide) groups is 2. The number of nitrogens with zero attached hydrogens (tertiary/aromatic N) is 1. The molecule has 1 aliphatic heterocycles. The summed E-state index contributed by atoms with van der Waals surface area (Å²) in [7, 11) is 0. The molecule has 0 aliphatic carbocycles. The molecule has 0 aromatic carbocycles. The third kappa shape index (κ3) is 4.20. The summed E-state index contributed by atoms with van der Waals surface area (Å²) < 4.78 is 2.95. The summed E-state index contributed by atoms with van der Waals surface area (Å²) in [6.45, 7) is 4.92. The Bertz CT molecular complexity index is 442. The highest BCUT2D eigenvalue weighted by Gasteiger charge is 2.18. The fourth-order valence-corrected chi connectivity index (χ4v) is 5.06. The molecule has 1 aromatic rings. The van der Waals surface area contributed by atoms with Gasteiger partial charge in [-0.15, -0.1) is 0 Å². The number of hydrogen-bond donors (Lipinski definition) is 1. The molecule has 1 atom stereocenters. The largest absolute Gasteiger partial charge is 0.350 e. The molecule has 0 spiro atoms. The molecule has 106 valence electrons. The van der Waals surface area contributed by atoms with Crippen molar-refractivity contribution in [3.8, 4) is 0 Å². The van der Waals surface area contributed by atoms with E-state index in [2.05, 4.69) is 35.1 Å². The topological polar surface area (TPSA) is 34.0 Å². The maximum Gasteiger partial charge on any atom is 0.267 e. The standard InChI is InChI=1S/C13H19BrN2OS2/c1-9(2)16-7-10(14)5-12(16)13(17)15-6-11-8-18-3-4-19-11/h5,7,9,11H,3-4,6,8H2,1-2H3,(H,15,17). The molecule has 3 nitrogen and oxygen atoms in total. The lowest BCUT2D eigenvalue weighted by atomic mass is 10.3. The van der Waals surface area contributed by atoms with Gasteiger partial charge < -0.3 is 9.88 Å². The van der Waals surface area contributed by atoms with Gasteiger partial charge in [-0.3, -0.25) is 4.79 Å². The van der Waals surface area contributed by atoms with E-state index in [0.717, 1.165) is 22.5 Å². The minimum absolute atomic E-state index is 0.0237. The molecule has 19 heavy (non-hydrogen) atoms. The molecule has 1 fully saturated rings. The molecule has 1 N–H and O–H groups in total. The van der Waals surface area contributed by atoms with Crippen LogP contribution in [0.4, 0.5) is 0 Å². The Labute approximate surface area is 131 Å². The van der Waals surface area contributed by atoms with Gasteiger partial charge >= 0.3 is 0 Å². The van der Waals surface area contributed by atoms with Crippen LogP contribution in [-0.4, -0.2) is 39.5 Å². The van der Waals surface area contributed by atoms with Gasteiger partial charge in [0.05, 0.1) is 0 Å². The second-order valence-electron chi connectivity index (χ2n) is 4.82. The molecule has 1 unspecified atom stereocenters. The lowest BCUT2D eigenvalue weighted by Crippen LogP contribution is -2.34. The van der Waals surface area contributed by atoms with Crippen molar-refractivity contribution in [2.75, 3.05) is 23.8 Å². The van der Waals surface area contributed by atoms with Crippen molar-refractivity contribution in [2.24, 2.45) is 0 Å². The summed E-state index contributed by atoms with van der Waals surface area (Å²) in [5.74, 6) is 3.59. The van der Waals surface area contributed by atoms with Gasteiger partial charge in [-0.25, -0.2) is 0 Å². The normalized spacial score (nSPS) is 19.7. The number of nitrogens with one attached hydrogen (secondary N) is 1. The van der Waals surface area contributed by atoms with Crippen LogP contribution in [0.5, 0.6) is 0 Å². The lowest BCUT2D eigenvalue weighted by molar-refractivity contribution is 0.0943. The molecule has 0 radical (unpaired) electrons. The van der Waals surface area contributed by atoms with E-state index in [0.29, 0.717) is 5.25 Å². The number of carbonyl (C=O) groups is 1. The fourth-order valence-electron chi connectivity index (χ4n) is 2.01. The van der Waals surface area contributed by atoms with Crippen LogP contribution in [0.1, 0.15) is 30.4 Å². The van der Waals surface area contributed by atoms with Crippen LogP contribution >= 0.6 is 39.5 Å². The Morgan fingerprint density at radius 2 is 2.37 bits per heavy atom. The molecule has 1 amide bonds. The zero-order chi connectivity index (χ0) is 13.8. The summed E-state index contributed by atoms with van der Waals surface area (Å²) >= 11 is 7.38. The average Bonchev–Trinajstić information content (AvgIpc) is 2.79. The second kappa shape index (κ2) is 7.09. The molecule has 2 heterocycles. The predicted molar refractivity (Wildman–Crippen MR) is 88.4 cm³/mol. The summed E-state index contributed by atoms with van der Waals surface area (Å²) in [6, 6.07) is 2.17. The second-order valence-corrected chi connectivity index (χ2v) is 8.30. The number of aromatic nitrogens is 1. The van der Waals surface area contributed by atoms with Crippen LogP contribution < -0.4 is 5.32 Å². The van der Waals surface area contributed by atoms with Crippen molar-refractivity contribution >= 4 is 45.4 Å². The maximum atomic E-state index is 12.3. The Hall–Kier alpha value is -0.0700. The van der Waals surface area contributed by atoms with Crippen molar-refractivity contribution < 1.29 is 4.79 Å². The van der Waals surface area contributed by atoms with Crippen LogP contribution in [0, 0.1) is 0 Å². The van der Waals surface area contributed by atoms with E-state index >= 15 is 0 Å². The third-order valence-electron chi connectivity index (χ3n) is 2.98. The van der Waals surface area contributed by atoms with E-state index in [4.69, 9.17) is 0 Å². The first-order valence-electron chi connectivity index (χ1n) is 6.43. The lowest BCUT2D eigenvalue weighted by Gasteiger charge is -2.21. The van der Waals surface area contributed by atoms with Crippen molar-refractivity contribution in [3.05, 3.63) is 22.4 Å². The first kappa shape index (κ1) is 15.3. The number of carbonyl (C=O) groups excluding carboxylic acids is 1. The Balaban J connectivity index is 1.95. The van der Waals surface area contributed by atoms with E-state index in [1.807, 2.05) is 40.4 Å². The zero-order valence-corrected chi connectivity index (χ0v) is 14.4. The minimum Gasteiger partial charge on any atom is -0.350 e. The number of amides is 1. The highest BCUT2D eigenvalue weighted by atomic mass is 79.9. The van der Waals surface area contributed by atoms with Crippen molar-refractivity contribution in [1.29, 1.82) is 0 Å². The molecule has 1 aliphatic rings. The van der Waals surface area contributed by atoms with E-state index < -0.39 is 0 Å². The van der Waals surface area contributed by atoms with Crippen molar-refractivity contribution in [2.45, 2.75) is 25.1 Å². The van der Waals surface area contributed by atoms with Crippen LogP contribution in [0.25, 0.3) is 0 Å². The van der Waals surface area contributed by atoms with Crippen molar-refractivity contribution in [1.82, 2.24) is 9.88 Å². The van der Waals surface area contributed by atoms with Crippen LogP contribution in [0.3, 0.4) is 0 Å². The van der Waals surface area contributed by atoms with Crippen molar-refractivity contribution in [3.63, 3.8) is 0 Å². The molecule has 6 heteroatoms. The zero-order valence-electron chi connectivity index (χ0n) is 11.2. The first-order valence-corrected chi connectivity index (χ1v) is 9.42. The smallest absolute Gasteiger partial charge is 0.267 e. The van der Waals surface area contributed by atoms with Crippen LogP contribution in [-0.2, 0) is 0 Å². The predicted octanol–water partition coefficient (Wildman–Crippen LogP) is 3.41. The minimum atomic E-state index is 0.0237. The van der Waals surface area contributed by atoms with Crippen LogP contribution in [0.2, 0.25) is 0 Å². The number of halogens is 1. The number of hydrogen-bond acceptors (Lipinski definition) is 3. The van der Waals surface area contributed by atoms with E-state index in [1.165, 1.54) is 11.5 Å². The average molecular weight is 363 g/mol. The summed E-state index contributed by atoms with van der Waals surface area (Å²) in [5.41, 5.74) is 0.732. The molecular formula is C13H19BrN2OS2. The van der Waals surface area contributed by atoms with Crippen LogP contribution in [0.15, 0.2) is 16.7 Å². The van der Waals surface area contributed by atoms with Gasteiger partial charge in [0.2, 0.25) is 0 Å². The molecular weight excluding hydrogens is 344 g/mol. The number of rotatable bonds is 4. The Morgan fingerprint density at radius 1 is 1.58 bits per heavy atom. The molecule has 1 saturated heterocycles. The van der Waals surface area contributed by atoms with Gasteiger partial charge in [0, 0.05) is 45.8 Å². The Morgan fingerprint density at radius 3 is 3.00 bits per heavy atom. The van der Waals surface area contributed by atoms with E-state index in [1.54, 1.807) is 0 Å². The van der Waals surface area contributed by atoms with Gasteiger partial charge in [0.1, 0.15) is 5.69 Å². The van der Waals surface area contributed by atoms with Gasteiger partial charge in [-0.2, -0.15) is 23.5 Å². The molecule has 2 rings (SSSR count). The summed E-state index contributed by atoms with van der Waals surface area (Å²) in [6.07, 6.45) is 1.96. The monoisotopic (exact) mass is 362 g/mol. The molecule has 0 saturated carbocycles. The summed E-state index contributed by atoms with van der Waals surface area (Å²) in [5, 5.41) is 3.61. The maximum absolute atomic E-state index is 12.3. The SMILES string of the molecule is CC(C)n1cc(Br)cc1C(=O)NCC1CSCCS1. The van der Waals surface area contributed by atoms with E-state index in [9.17, 15) is 4.79 Å². The fraction of sp³-hybridized carbons (Fsp3) is 0.615. The van der Waals surface area contributed by atoms with Gasteiger partial charge in [0.25, 0.3) is 5.91 Å². The quantitative estimate of drug-likeness (QED) is 0.890. The molecule has 1 aromatic heterocycles. The highest BCUT2D eigenvalue weighted by Crippen LogP contribution is 2.24. The highest BCUT2D eigenvalue weighted by molar-refractivity contribution is 9.10.